The van der Waals surface area contributed by atoms with Crippen molar-refractivity contribution in [3.63, 3.8) is 0 Å². The Morgan fingerprint density at radius 2 is 2.07 bits per heavy atom. The molecule has 0 saturated carbocycles. The van der Waals surface area contributed by atoms with Crippen LogP contribution in [-0.2, 0) is 0 Å². The molecule has 2 N–H and O–H groups in total. The molecule has 3 aromatic rings. The van der Waals surface area contributed by atoms with E-state index in [2.05, 4.69) is 15.7 Å². The Hall–Kier alpha value is -3.30. The van der Waals surface area contributed by atoms with Gasteiger partial charge in [-0.2, -0.15) is 18.3 Å². The van der Waals surface area contributed by atoms with Crippen LogP contribution in [0.15, 0.2) is 53.1 Å². The number of alkyl halides is 3. The highest BCUT2D eigenvalue weighted by atomic mass is 19.4. The fraction of sp³-hybridized carbons (Fsp3) is 0.222. The third-order valence-corrected chi connectivity index (χ3v) is 4.39. The van der Waals surface area contributed by atoms with Crippen molar-refractivity contribution in [3.05, 3.63) is 66.0 Å². The van der Waals surface area contributed by atoms with E-state index >= 15 is 0 Å². The van der Waals surface area contributed by atoms with Crippen molar-refractivity contribution in [1.29, 1.82) is 0 Å². The number of carbonyl (C=O) groups excluding carboxylic acids is 1. The van der Waals surface area contributed by atoms with E-state index in [0.29, 0.717) is 5.76 Å². The Balaban J connectivity index is 1.64. The molecule has 2 aromatic heterocycles. The maximum Gasteiger partial charge on any atom is 0.410 e. The highest BCUT2D eigenvalue weighted by molar-refractivity contribution is 6.03. The normalized spacial score (nSPS) is 19.0. The molecule has 1 aromatic carbocycles. The minimum Gasteiger partial charge on any atom is -0.467 e. The van der Waals surface area contributed by atoms with E-state index in [1.165, 1.54) is 30.5 Å². The van der Waals surface area contributed by atoms with Crippen molar-refractivity contribution in [2.75, 3.05) is 10.6 Å². The number of furan rings is 1. The molecule has 146 valence electrons. The second kappa shape index (κ2) is 6.70. The lowest BCUT2D eigenvalue weighted by Crippen LogP contribution is -2.35. The van der Waals surface area contributed by atoms with Crippen LogP contribution in [0.2, 0.25) is 0 Å². The second-order valence-corrected chi connectivity index (χ2v) is 6.33. The van der Waals surface area contributed by atoms with Crippen molar-refractivity contribution in [3.8, 4) is 0 Å². The lowest BCUT2D eigenvalue weighted by Gasteiger charge is -2.32. The van der Waals surface area contributed by atoms with Crippen LogP contribution in [0.1, 0.15) is 34.8 Å². The summed E-state index contributed by atoms with van der Waals surface area (Å²) < 4.78 is 59.9. The van der Waals surface area contributed by atoms with Crippen LogP contribution in [0.25, 0.3) is 0 Å². The fourth-order valence-electron chi connectivity index (χ4n) is 3.12. The molecule has 10 heteroatoms. The first-order chi connectivity index (χ1) is 13.3. The summed E-state index contributed by atoms with van der Waals surface area (Å²) in [5, 5.41) is 9.17. The van der Waals surface area contributed by atoms with Crippen molar-refractivity contribution >= 4 is 17.4 Å². The minimum atomic E-state index is -4.57. The maximum atomic E-state index is 13.6. The van der Waals surface area contributed by atoms with E-state index in [1.54, 1.807) is 12.1 Å². The van der Waals surface area contributed by atoms with Gasteiger partial charge in [-0.05, 0) is 30.3 Å². The number of amides is 1. The van der Waals surface area contributed by atoms with E-state index in [1.807, 2.05) is 0 Å². The molecule has 0 spiro atoms. The number of hydrogen-bond donors (Lipinski definition) is 2. The van der Waals surface area contributed by atoms with Crippen LogP contribution in [0.4, 0.5) is 29.1 Å². The average Bonchev–Trinajstić information content (AvgIpc) is 3.29. The minimum absolute atomic E-state index is 0.0411. The van der Waals surface area contributed by atoms with Gasteiger partial charge in [0.15, 0.2) is 11.7 Å². The van der Waals surface area contributed by atoms with E-state index in [4.69, 9.17) is 4.42 Å². The molecule has 6 nitrogen and oxygen atoms in total. The predicted molar refractivity (Wildman–Crippen MR) is 91.4 cm³/mol. The van der Waals surface area contributed by atoms with Crippen LogP contribution < -0.4 is 10.6 Å². The molecule has 0 bridgehead atoms. The Labute approximate surface area is 156 Å². The lowest BCUT2D eigenvalue weighted by molar-refractivity contribution is -0.174. The zero-order valence-corrected chi connectivity index (χ0v) is 14.2. The molecular formula is C18H14F4N4O2. The summed E-state index contributed by atoms with van der Waals surface area (Å²) in [7, 11) is 0. The smallest absolute Gasteiger partial charge is 0.410 e. The van der Waals surface area contributed by atoms with Crippen molar-refractivity contribution in [1.82, 2.24) is 9.78 Å². The third kappa shape index (κ3) is 3.45. The maximum absolute atomic E-state index is 13.6. The molecule has 28 heavy (non-hydrogen) atoms. The highest BCUT2D eigenvalue weighted by Crippen LogP contribution is 2.43. The number of hydrogen-bond acceptors (Lipinski definition) is 4. The molecule has 2 atom stereocenters. The number of benzene rings is 1. The van der Waals surface area contributed by atoms with E-state index < -0.39 is 30.0 Å². The molecule has 0 unspecified atom stereocenters. The molecule has 3 heterocycles. The fourth-order valence-corrected chi connectivity index (χ4v) is 3.12. The SMILES string of the molecule is O=C(Nc1cccc(F)c1)c1cc2n(n1)[C@H](C(F)(F)F)C[C@@H](c1ccco1)N2. The summed E-state index contributed by atoms with van der Waals surface area (Å²) in [5.74, 6) is -0.904. The number of nitrogens with zero attached hydrogens (tertiary/aromatic N) is 2. The number of fused-ring (bicyclic) bond motifs is 1. The molecule has 1 aliphatic heterocycles. The van der Waals surface area contributed by atoms with E-state index in [9.17, 15) is 22.4 Å². The van der Waals surface area contributed by atoms with Crippen LogP contribution in [-0.4, -0.2) is 21.9 Å². The summed E-state index contributed by atoms with van der Waals surface area (Å²) in [6, 6.07) is 6.91. The van der Waals surface area contributed by atoms with Gasteiger partial charge < -0.3 is 15.1 Å². The molecule has 1 aliphatic rings. The van der Waals surface area contributed by atoms with E-state index in [0.717, 1.165) is 10.7 Å². The monoisotopic (exact) mass is 394 g/mol. The van der Waals surface area contributed by atoms with Crippen molar-refractivity contribution in [2.24, 2.45) is 0 Å². The second-order valence-electron chi connectivity index (χ2n) is 6.33. The van der Waals surface area contributed by atoms with Crippen LogP contribution in [0.3, 0.4) is 0 Å². The van der Waals surface area contributed by atoms with Gasteiger partial charge in [-0.1, -0.05) is 6.07 Å². The Morgan fingerprint density at radius 3 is 2.75 bits per heavy atom. The Kier molecular flexibility index (Phi) is 4.33. The van der Waals surface area contributed by atoms with Crippen molar-refractivity contribution in [2.45, 2.75) is 24.7 Å². The Bertz CT molecular complexity index is 997. The molecular weight excluding hydrogens is 380 g/mol. The largest absolute Gasteiger partial charge is 0.467 e. The number of rotatable bonds is 3. The van der Waals surface area contributed by atoms with Crippen LogP contribution >= 0.6 is 0 Å². The predicted octanol–water partition coefficient (Wildman–Crippen LogP) is 4.53. The quantitative estimate of drug-likeness (QED) is 0.641. The van der Waals surface area contributed by atoms with Gasteiger partial charge >= 0.3 is 6.18 Å². The average molecular weight is 394 g/mol. The molecule has 0 aliphatic carbocycles. The van der Waals surface area contributed by atoms with Gasteiger partial charge in [0.05, 0.1) is 12.3 Å². The topological polar surface area (TPSA) is 72.1 Å². The lowest BCUT2D eigenvalue weighted by atomic mass is 10.0. The van der Waals surface area contributed by atoms with Crippen molar-refractivity contribution < 1.29 is 26.8 Å². The molecule has 0 saturated heterocycles. The summed E-state index contributed by atoms with van der Waals surface area (Å²) in [6.07, 6.45) is -3.52. The van der Waals surface area contributed by atoms with Gasteiger partial charge in [-0.3, -0.25) is 4.79 Å². The first-order valence-electron chi connectivity index (χ1n) is 8.34. The number of carbonyl (C=O) groups is 1. The zero-order valence-electron chi connectivity index (χ0n) is 14.2. The summed E-state index contributed by atoms with van der Waals surface area (Å²) in [5.41, 5.74) is -0.0501. The van der Waals surface area contributed by atoms with Gasteiger partial charge in [-0.15, -0.1) is 0 Å². The molecule has 1 amide bonds. The van der Waals surface area contributed by atoms with Crippen LogP contribution in [0, 0.1) is 5.82 Å². The molecule has 0 radical (unpaired) electrons. The number of aromatic nitrogens is 2. The van der Waals surface area contributed by atoms with Gasteiger partial charge in [0, 0.05) is 18.2 Å². The highest BCUT2D eigenvalue weighted by Gasteiger charge is 2.47. The van der Waals surface area contributed by atoms with Gasteiger partial charge in [0.2, 0.25) is 0 Å². The van der Waals surface area contributed by atoms with Gasteiger partial charge in [0.1, 0.15) is 17.4 Å². The summed E-state index contributed by atoms with van der Waals surface area (Å²) >= 11 is 0. The zero-order chi connectivity index (χ0) is 19.9. The summed E-state index contributed by atoms with van der Waals surface area (Å²) in [6.45, 7) is 0. The van der Waals surface area contributed by atoms with Crippen LogP contribution in [0.5, 0.6) is 0 Å². The molecule has 4 rings (SSSR count). The number of halogens is 4. The van der Waals surface area contributed by atoms with E-state index in [-0.39, 0.29) is 23.6 Å². The Morgan fingerprint density at radius 1 is 1.25 bits per heavy atom. The number of nitrogens with one attached hydrogen (secondary N) is 2. The third-order valence-electron chi connectivity index (χ3n) is 4.39. The first kappa shape index (κ1) is 18.1. The number of anilines is 2. The summed E-state index contributed by atoms with van der Waals surface area (Å²) in [4.78, 5) is 12.4. The standard InChI is InChI=1S/C18H14F4N4O2/c19-10-3-1-4-11(7-10)23-17(27)13-9-16-24-12(14-5-2-6-28-14)8-15(18(20,21)22)26(16)25-13/h1-7,9,12,15,24H,8H2,(H,23,27)/t12-,15-/m0/s1. The van der Waals surface area contributed by atoms with Gasteiger partial charge in [-0.25, -0.2) is 9.07 Å². The molecule has 0 fully saturated rings. The van der Waals surface area contributed by atoms with Gasteiger partial charge in [0.25, 0.3) is 5.91 Å². The first-order valence-corrected chi connectivity index (χ1v) is 8.34.